The van der Waals surface area contributed by atoms with Crippen LogP contribution in [0.5, 0.6) is 0 Å². The van der Waals surface area contributed by atoms with E-state index in [1.165, 1.54) is 12.4 Å². The molecule has 3 heterocycles. The van der Waals surface area contributed by atoms with Crippen molar-refractivity contribution in [1.82, 2.24) is 24.6 Å². The fourth-order valence-corrected chi connectivity index (χ4v) is 2.45. The van der Waals surface area contributed by atoms with Crippen LogP contribution >= 0.6 is 15.9 Å². The molecule has 98 valence electrons. The average molecular weight is 322 g/mol. The van der Waals surface area contributed by atoms with Crippen molar-refractivity contribution in [1.29, 1.82) is 0 Å². The Morgan fingerprint density at radius 2 is 2.21 bits per heavy atom. The summed E-state index contributed by atoms with van der Waals surface area (Å²) in [5.74, 6) is 0.401. The Balaban J connectivity index is 1.54. The molecule has 0 atom stereocenters. The van der Waals surface area contributed by atoms with Crippen LogP contribution in [-0.4, -0.2) is 43.6 Å². The highest BCUT2D eigenvalue weighted by atomic mass is 79.9. The van der Waals surface area contributed by atoms with Gasteiger partial charge in [-0.05, 0) is 15.9 Å². The Morgan fingerprint density at radius 3 is 2.84 bits per heavy atom. The van der Waals surface area contributed by atoms with Gasteiger partial charge in [0, 0.05) is 44.1 Å². The van der Waals surface area contributed by atoms with E-state index >= 15 is 0 Å². The van der Waals surface area contributed by atoms with Gasteiger partial charge < -0.3 is 4.90 Å². The van der Waals surface area contributed by atoms with Crippen molar-refractivity contribution in [2.24, 2.45) is 5.92 Å². The molecule has 1 aliphatic heterocycles. The molecule has 0 saturated carbocycles. The van der Waals surface area contributed by atoms with Crippen molar-refractivity contribution in [3.05, 3.63) is 41.2 Å². The maximum absolute atomic E-state index is 12.0. The van der Waals surface area contributed by atoms with Crippen molar-refractivity contribution >= 4 is 21.8 Å². The number of carbonyl (C=O) groups is 1. The first-order valence-electron chi connectivity index (χ1n) is 5.95. The number of likely N-dealkylation sites (tertiary alicyclic amines) is 1. The predicted molar refractivity (Wildman–Crippen MR) is 71.4 cm³/mol. The van der Waals surface area contributed by atoms with Gasteiger partial charge in [0.05, 0.1) is 16.9 Å². The van der Waals surface area contributed by atoms with Gasteiger partial charge in [0.1, 0.15) is 5.69 Å². The Morgan fingerprint density at radius 1 is 1.37 bits per heavy atom. The molecule has 0 spiro atoms. The summed E-state index contributed by atoms with van der Waals surface area (Å²) in [5, 5.41) is 4.21. The van der Waals surface area contributed by atoms with Crippen LogP contribution in [0, 0.1) is 5.92 Å². The second-order valence-electron chi connectivity index (χ2n) is 4.55. The fourth-order valence-electron chi connectivity index (χ4n) is 2.13. The lowest BCUT2D eigenvalue weighted by molar-refractivity contribution is 0.0455. The van der Waals surface area contributed by atoms with E-state index in [1.807, 2.05) is 10.9 Å². The molecule has 0 bridgehead atoms. The van der Waals surface area contributed by atoms with Gasteiger partial charge in [-0.2, -0.15) is 5.10 Å². The van der Waals surface area contributed by atoms with Crippen LogP contribution in [0.15, 0.2) is 35.5 Å². The second kappa shape index (κ2) is 5.08. The molecule has 0 radical (unpaired) electrons. The van der Waals surface area contributed by atoms with Crippen molar-refractivity contribution in [3.8, 4) is 0 Å². The summed E-state index contributed by atoms with van der Waals surface area (Å²) in [7, 11) is 0. The van der Waals surface area contributed by atoms with Crippen LogP contribution in [0.3, 0.4) is 0 Å². The molecular formula is C12H12BrN5O. The monoisotopic (exact) mass is 321 g/mol. The molecule has 0 N–H and O–H groups in total. The molecule has 2 aromatic heterocycles. The molecule has 0 unspecified atom stereocenters. The highest BCUT2D eigenvalue weighted by Gasteiger charge is 2.32. The molecule has 6 nitrogen and oxygen atoms in total. The summed E-state index contributed by atoms with van der Waals surface area (Å²) in [4.78, 5) is 21.7. The second-order valence-corrected chi connectivity index (χ2v) is 5.46. The highest BCUT2D eigenvalue weighted by molar-refractivity contribution is 9.10. The number of amides is 1. The fraction of sp³-hybridized carbons (Fsp3) is 0.333. The summed E-state index contributed by atoms with van der Waals surface area (Å²) in [5.41, 5.74) is 0.405. The van der Waals surface area contributed by atoms with E-state index in [-0.39, 0.29) is 5.91 Å². The number of halogens is 1. The smallest absolute Gasteiger partial charge is 0.274 e. The molecule has 1 saturated heterocycles. The minimum atomic E-state index is -0.0500. The first kappa shape index (κ1) is 12.3. The Labute approximate surface area is 118 Å². The molecule has 2 aromatic rings. The Hall–Kier alpha value is -1.76. The van der Waals surface area contributed by atoms with E-state index in [2.05, 4.69) is 31.0 Å². The third-order valence-corrected chi connectivity index (χ3v) is 3.48. The molecule has 1 amide bonds. The average Bonchev–Trinajstić information content (AvgIpc) is 2.79. The Kier molecular flexibility index (Phi) is 3.29. The molecule has 1 aliphatic rings. The standard InChI is InChI=1S/C12H12BrN5O/c13-10-3-16-18(8-10)7-9-5-17(6-9)12(19)11-4-14-1-2-15-11/h1-4,8-9H,5-7H2. The van der Waals surface area contributed by atoms with Crippen LogP contribution in [-0.2, 0) is 6.54 Å². The summed E-state index contributed by atoms with van der Waals surface area (Å²) in [6, 6.07) is 0. The lowest BCUT2D eigenvalue weighted by Crippen LogP contribution is -2.51. The van der Waals surface area contributed by atoms with Crippen LogP contribution < -0.4 is 0 Å². The topological polar surface area (TPSA) is 63.9 Å². The SMILES string of the molecule is O=C(c1cnccn1)N1CC(Cn2cc(Br)cn2)C1. The lowest BCUT2D eigenvalue weighted by Gasteiger charge is -2.38. The van der Waals surface area contributed by atoms with E-state index in [9.17, 15) is 4.79 Å². The van der Waals surface area contributed by atoms with Crippen molar-refractivity contribution in [2.75, 3.05) is 13.1 Å². The number of aromatic nitrogens is 4. The molecule has 19 heavy (non-hydrogen) atoms. The zero-order valence-electron chi connectivity index (χ0n) is 10.1. The quantitative estimate of drug-likeness (QED) is 0.852. The zero-order chi connectivity index (χ0) is 13.2. The zero-order valence-corrected chi connectivity index (χ0v) is 11.7. The van der Waals surface area contributed by atoms with Crippen LogP contribution in [0.1, 0.15) is 10.5 Å². The predicted octanol–water partition coefficient (Wildman–Crippen LogP) is 1.21. The van der Waals surface area contributed by atoms with E-state index in [0.29, 0.717) is 11.6 Å². The van der Waals surface area contributed by atoms with Gasteiger partial charge in [0.2, 0.25) is 0 Å². The van der Waals surface area contributed by atoms with Crippen molar-refractivity contribution in [2.45, 2.75) is 6.54 Å². The summed E-state index contributed by atoms with van der Waals surface area (Å²) >= 11 is 3.36. The number of rotatable bonds is 3. The Bertz CT molecular complexity index is 579. The summed E-state index contributed by atoms with van der Waals surface area (Å²) < 4.78 is 2.86. The largest absolute Gasteiger partial charge is 0.336 e. The van der Waals surface area contributed by atoms with Gasteiger partial charge in [-0.15, -0.1) is 0 Å². The van der Waals surface area contributed by atoms with Gasteiger partial charge in [-0.3, -0.25) is 14.5 Å². The van der Waals surface area contributed by atoms with Gasteiger partial charge in [0.25, 0.3) is 5.91 Å². The normalized spacial score (nSPS) is 15.3. The lowest BCUT2D eigenvalue weighted by atomic mass is 10.00. The molecule has 0 aliphatic carbocycles. The maximum Gasteiger partial charge on any atom is 0.274 e. The first-order valence-corrected chi connectivity index (χ1v) is 6.75. The third kappa shape index (κ3) is 2.65. The van der Waals surface area contributed by atoms with Gasteiger partial charge in [-0.25, -0.2) is 4.98 Å². The number of nitrogens with zero attached hydrogens (tertiary/aromatic N) is 5. The summed E-state index contributed by atoms with van der Waals surface area (Å²) in [6.07, 6.45) is 8.30. The molecule has 1 fully saturated rings. The third-order valence-electron chi connectivity index (χ3n) is 3.07. The molecular weight excluding hydrogens is 310 g/mol. The van der Waals surface area contributed by atoms with E-state index < -0.39 is 0 Å². The van der Waals surface area contributed by atoms with Crippen molar-refractivity contribution < 1.29 is 4.79 Å². The number of hydrogen-bond acceptors (Lipinski definition) is 4. The maximum atomic E-state index is 12.0. The molecule has 7 heteroatoms. The summed E-state index contributed by atoms with van der Waals surface area (Å²) in [6.45, 7) is 2.32. The van der Waals surface area contributed by atoms with Gasteiger partial charge >= 0.3 is 0 Å². The molecule has 3 rings (SSSR count). The van der Waals surface area contributed by atoms with E-state index in [0.717, 1.165) is 24.1 Å². The van der Waals surface area contributed by atoms with Crippen LogP contribution in [0.25, 0.3) is 0 Å². The highest BCUT2D eigenvalue weighted by Crippen LogP contribution is 2.20. The van der Waals surface area contributed by atoms with Gasteiger partial charge in [0.15, 0.2) is 0 Å². The number of carbonyl (C=O) groups excluding carboxylic acids is 1. The molecule has 0 aromatic carbocycles. The minimum absolute atomic E-state index is 0.0500. The van der Waals surface area contributed by atoms with Gasteiger partial charge in [-0.1, -0.05) is 0 Å². The minimum Gasteiger partial charge on any atom is -0.336 e. The van der Waals surface area contributed by atoms with Crippen LogP contribution in [0.4, 0.5) is 0 Å². The van der Waals surface area contributed by atoms with E-state index in [4.69, 9.17) is 0 Å². The first-order chi connectivity index (χ1) is 9.22. The van der Waals surface area contributed by atoms with Crippen LogP contribution in [0.2, 0.25) is 0 Å². The number of hydrogen-bond donors (Lipinski definition) is 0. The van der Waals surface area contributed by atoms with Crippen molar-refractivity contribution in [3.63, 3.8) is 0 Å². The van der Waals surface area contributed by atoms with E-state index in [1.54, 1.807) is 17.3 Å².